The van der Waals surface area contributed by atoms with E-state index in [1.54, 1.807) is 6.92 Å². The Labute approximate surface area is 121 Å². The number of carbonyl (C=O) groups excluding carboxylic acids is 2. The van der Waals surface area contributed by atoms with Gasteiger partial charge in [0, 0.05) is 26.2 Å². The average Bonchev–Trinajstić information content (AvgIpc) is 2.42. The molecule has 0 heterocycles. The van der Waals surface area contributed by atoms with Crippen molar-refractivity contribution in [1.29, 1.82) is 0 Å². The first-order valence-corrected chi connectivity index (χ1v) is 6.41. The molecule has 0 aliphatic carbocycles. The molecule has 0 aliphatic rings. The van der Waals surface area contributed by atoms with Crippen LogP contribution in [-0.2, 0) is 4.79 Å². The van der Waals surface area contributed by atoms with Gasteiger partial charge in [0.15, 0.2) is 17.5 Å². The van der Waals surface area contributed by atoms with Crippen LogP contribution in [0.2, 0.25) is 0 Å². The molecule has 4 nitrogen and oxygen atoms in total. The molecule has 2 amide bonds. The number of hydrogen-bond donors (Lipinski definition) is 0. The highest BCUT2D eigenvalue weighted by Crippen LogP contribution is 2.15. The summed E-state index contributed by atoms with van der Waals surface area (Å²) in [6, 6.07) is 1.26. The molecule has 21 heavy (non-hydrogen) atoms. The molecule has 0 radical (unpaired) electrons. The van der Waals surface area contributed by atoms with Gasteiger partial charge in [0.2, 0.25) is 5.91 Å². The molecule has 7 heteroatoms. The maximum absolute atomic E-state index is 13.2. The summed E-state index contributed by atoms with van der Waals surface area (Å²) < 4.78 is 39.3. The molecule has 0 aliphatic heterocycles. The molecule has 116 valence electrons. The van der Waals surface area contributed by atoms with E-state index in [1.807, 2.05) is 0 Å². The second kappa shape index (κ2) is 7.10. The van der Waals surface area contributed by atoms with Gasteiger partial charge in [0.25, 0.3) is 5.91 Å². The van der Waals surface area contributed by atoms with Crippen LogP contribution in [0.1, 0.15) is 23.7 Å². The Morgan fingerprint density at radius 2 is 1.62 bits per heavy atom. The summed E-state index contributed by atoms with van der Waals surface area (Å²) in [4.78, 5) is 26.4. The first-order valence-electron chi connectivity index (χ1n) is 6.41. The second-order valence-electron chi connectivity index (χ2n) is 4.77. The minimum atomic E-state index is -1.63. The van der Waals surface area contributed by atoms with Crippen LogP contribution >= 0.6 is 0 Å². The van der Waals surface area contributed by atoms with Gasteiger partial charge in [0.1, 0.15) is 6.54 Å². The van der Waals surface area contributed by atoms with Crippen LogP contribution in [0.3, 0.4) is 0 Å². The number of carbonyl (C=O) groups is 2. The molecular formula is C14H17F3N2O2. The van der Waals surface area contributed by atoms with Crippen LogP contribution in [0.5, 0.6) is 0 Å². The Balaban J connectivity index is 3.03. The molecule has 0 bridgehead atoms. The van der Waals surface area contributed by atoms with Crippen molar-refractivity contribution in [3.63, 3.8) is 0 Å². The lowest BCUT2D eigenvalue weighted by atomic mass is 10.1. The van der Waals surface area contributed by atoms with E-state index in [0.717, 1.165) is 0 Å². The van der Waals surface area contributed by atoms with Crippen LogP contribution in [-0.4, -0.2) is 48.8 Å². The summed E-state index contributed by atoms with van der Waals surface area (Å²) in [5.74, 6) is -5.54. The maximum Gasteiger partial charge on any atom is 0.254 e. The minimum Gasteiger partial charge on any atom is -0.347 e. The largest absolute Gasteiger partial charge is 0.347 e. The van der Waals surface area contributed by atoms with Crippen molar-refractivity contribution in [2.24, 2.45) is 0 Å². The van der Waals surface area contributed by atoms with E-state index in [4.69, 9.17) is 0 Å². The zero-order chi connectivity index (χ0) is 16.2. The van der Waals surface area contributed by atoms with Crippen molar-refractivity contribution < 1.29 is 22.8 Å². The number of halogens is 3. The van der Waals surface area contributed by atoms with Crippen molar-refractivity contribution in [1.82, 2.24) is 9.80 Å². The Bertz CT molecular complexity index is 524. The van der Waals surface area contributed by atoms with Gasteiger partial charge in [-0.05, 0) is 18.6 Å². The third-order valence-electron chi connectivity index (χ3n) is 2.84. The molecule has 0 N–H and O–H groups in total. The highest BCUT2D eigenvalue weighted by molar-refractivity contribution is 5.96. The molecule has 1 aromatic carbocycles. The van der Waals surface area contributed by atoms with Gasteiger partial charge in [-0.25, -0.2) is 13.2 Å². The summed E-state index contributed by atoms with van der Waals surface area (Å²) >= 11 is 0. The number of likely N-dealkylation sites (N-methyl/N-ethyl adjacent to an activating group) is 1. The average molecular weight is 302 g/mol. The van der Waals surface area contributed by atoms with Gasteiger partial charge in [-0.15, -0.1) is 0 Å². The third kappa shape index (κ3) is 4.21. The van der Waals surface area contributed by atoms with E-state index in [-0.39, 0.29) is 24.6 Å². The van der Waals surface area contributed by atoms with E-state index < -0.39 is 23.4 Å². The Kier molecular flexibility index (Phi) is 5.75. The van der Waals surface area contributed by atoms with Gasteiger partial charge in [-0.3, -0.25) is 9.59 Å². The molecule has 0 fully saturated rings. The topological polar surface area (TPSA) is 40.6 Å². The quantitative estimate of drug-likeness (QED) is 0.781. The summed E-state index contributed by atoms with van der Waals surface area (Å²) in [5, 5.41) is 0. The molecule has 0 spiro atoms. The van der Waals surface area contributed by atoms with Crippen molar-refractivity contribution in [2.75, 3.05) is 27.2 Å². The number of benzene rings is 1. The molecule has 0 aromatic heterocycles. The van der Waals surface area contributed by atoms with Crippen molar-refractivity contribution in [3.05, 3.63) is 35.1 Å². The molecule has 1 aromatic rings. The van der Waals surface area contributed by atoms with E-state index in [2.05, 4.69) is 0 Å². The predicted octanol–water partition coefficient (Wildman–Crippen LogP) is 2.04. The normalized spacial score (nSPS) is 10.4. The van der Waals surface area contributed by atoms with Crippen molar-refractivity contribution in [3.8, 4) is 0 Å². The van der Waals surface area contributed by atoms with Crippen LogP contribution in [0.4, 0.5) is 13.2 Å². The molecule has 0 atom stereocenters. The summed E-state index contributed by atoms with van der Waals surface area (Å²) in [7, 11) is 3.07. The summed E-state index contributed by atoms with van der Waals surface area (Å²) in [6.07, 6.45) is 0.568. The zero-order valence-electron chi connectivity index (χ0n) is 12.1. The molecule has 0 unspecified atom stereocenters. The van der Waals surface area contributed by atoms with Gasteiger partial charge in [-0.1, -0.05) is 6.92 Å². The fraction of sp³-hybridized carbons (Fsp3) is 0.429. The molecule has 1 rings (SSSR count). The van der Waals surface area contributed by atoms with Crippen molar-refractivity contribution in [2.45, 2.75) is 13.3 Å². The van der Waals surface area contributed by atoms with E-state index >= 15 is 0 Å². The molecule has 0 saturated carbocycles. The third-order valence-corrected chi connectivity index (χ3v) is 2.84. The van der Waals surface area contributed by atoms with Crippen LogP contribution in [0.25, 0.3) is 0 Å². The van der Waals surface area contributed by atoms with E-state index in [9.17, 15) is 22.8 Å². The maximum atomic E-state index is 13.2. The number of rotatable bonds is 5. The predicted molar refractivity (Wildman–Crippen MR) is 71.2 cm³/mol. The molecule has 0 saturated heterocycles. The Morgan fingerprint density at radius 3 is 2.05 bits per heavy atom. The lowest BCUT2D eigenvalue weighted by molar-refractivity contribution is -0.129. The lowest BCUT2D eigenvalue weighted by Crippen LogP contribution is -2.40. The van der Waals surface area contributed by atoms with Gasteiger partial charge >= 0.3 is 0 Å². The minimum absolute atomic E-state index is 0.208. The zero-order valence-corrected chi connectivity index (χ0v) is 12.1. The lowest BCUT2D eigenvalue weighted by Gasteiger charge is -2.23. The number of hydrogen-bond acceptors (Lipinski definition) is 2. The van der Waals surface area contributed by atoms with Gasteiger partial charge < -0.3 is 9.80 Å². The van der Waals surface area contributed by atoms with E-state index in [0.29, 0.717) is 18.6 Å². The highest BCUT2D eigenvalue weighted by Gasteiger charge is 2.22. The summed E-state index contributed by atoms with van der Waals surface area (Å²) in [5.41, 5.74) is -0.327. The van der Waals surface area contributed by atoms with E-state index in [1.165, 1.54) is 23.9 Å². The summed E-state index contributed by atoms with van der Waals surface area (Å²) in [6.45, 7) is 1.84. The van der Waals surface area contributed by atoms with Crippen LogP contribution < -0.4 is 0 Å². The monoisotopic (exact) mass is 302 g/mol. The fourth-order valence-corrected chi connectivity index (χ4v) is 1.69. The standard InChI is InChI=1S/C14H17F3N2O2/c1-4-5-19(8-12(20)18(2)3)14(21)9-6-10(15)13(17)11(16)7-9/h6-7H,4-5,8H2,1-3H3. The smallest absolute Gasteiger partial charge is 0.254 e. The van der Waals surface area contributed by atoms with Crippen LogP contribution in [0, 0.1) is 17.5 Å². The second-order valence-corrected chi connectivity index (χ2v) is 4.77. The van der Waals surface area contributed by atoms with Gasteiger partial charge in [-0.2, -0.15) is 0 Å². The van der Waals surface area contributed by atoms with Crippen molar-refractivity contribution >= 4 is 11.8 Å². The van der Waals surface area contributed by atoms with Gasteiger partial charge in [0.05, 0.1) is 0 Å². The Morgan fingerprint density at radius 1 is 1.10 bits per heavy atom. The van der Waals surface area contributed by atoms with Crippen LogP contribution in [0.15, 0.2) is 12.1 Å². The fourth-order valence-electron chi connectivity index (χ4n) is 1.69. The number of amides is 2. The first-order chi connectivity index (χ1) is 9.77. The number of nitrogens with zero attached hydrogens (tertiary/aromatic N) is 2. The highest BCUT2D eigenvalue weighted by atomic mass is 19.2. The Hall–Kier alpha value is -2.05. The SMILES string of the molecule is CCCN(CC(=O)N(C)C)C(=O)c1cc(F)c(F)c(F)c1. The first kappa shape index (κ1) is 17.0. The molecular weight excluding hydrogens is 285 g/mol.